The van der Waals surface area contributed by atoms with Crippen LogP contribution in [-0.2, 0) is 4.79 Å². The van der Waals surface area contributed by atoms with Crippen LogP contribution in [0.25, 0.3) is 6.08 Å². The number of carbonyl (C=O) groups excluding carboxylic acids is 1. The van der Waals surface area contributed by atoms with E-state index >= 15 is 0 Å². The average Bonchev–Trinajstić information content (AvgIpc) is 2.51. The zero-order chi connectivity index (χ0) is 10.6. The number of carbonyl (C=O) groups is 2. The summed E-state index contributed by atoms with van der Waals surface area (Å²) < 4.78 is 0. The van der Waals surface area contributed by atoms with E-state index in [1.807, 2.05) is 0 Å². The quantitative estimate of drug-likeness (QED) is 0.627. The Balaban J connectivity index is 2.76. The summed E-state index contributed by atoms with van der Waals surface area (Å²) in [6.45, 7) is 0. The largest absolute Gasteiger partial charge is 0.477 e. The summed E-state index contributed by atoms with van der Waals surface area (Å²) in [5.74, 6) is -1.57. The van der Waals surface area contributed by atoms with Crippen LogP contribution in [0, 0.1) is 0 Å². The molecule has 1 amide bonds. The molecule has 0 aliphatic carbocycles. The minimum atomic E-state index is -1.10. The third kappa shape index (κ3) is 2.44. The van der Waals surface area contributed by atoms with Gasteiger partial charge in [0.15, 0.2) is 5.69 Å². The highest BCUT2D eigenvalue weighted by Gasteiger charge is 2.08. The van der Waals surface area contributed by atoms with E-state index in [1.54, 1.807) is 0 Å². The second kappa shape index (κ2) is 4.22. The van der Waals surface area contributed by atoms with Gasteiger partial charge in [-0.2, -0.15) is 5.10 Å². The summed E-state index contributed by atoms with van der Waals surface area (Å²) >= 11 is 0. The van der Waals surface area contributed by atoms with E-state index in [9.17, 15) is 9.59 Å². The van der Waals surface area contributed by atoms with Crippen LogP contribution in [0.3, 0.4) is 0 Å². The van der Waals surface area contributed by atoms with Gasteiger partial charge in [0.25, 0.3) is 0 Å². The second-order valence-electron chi connectivity index (χ2n) is 2.58. The number of aromatic carboxylic acids is 1. The van der Waals surface area contributed by atoms with Crippen LogP contribution in [0.2, 0.25) is 0 Å². The maximum Gasteiger partial charge on any atom is 0.354 e. The summed E-state index contributed by atoms with van der Waals surface area (Å²) in [6.07, 6.45) is 4.41. The summed E-state index contributed by atoms with van der Waals surface area (Å²) in [5, 5.41) is 14.6. The van der Waals surface area contributed by atoms with Crippen molar-refractivity contribution in [3.63, 3.8) is 0 Å². The summed E-state index contributed by atoms with van der Waals surface area (Å²) in [6, 6.07) is 0. The molecule has 0 saturated carbocycles. The summed E-state index contributed by atoms with van der Waals surface area (Å²) in [4.78, 5) is 21.0. The van der Waals surface area contributed by atoms with Gasteiger partial charge in [-0.1, -0.05) is 12.2 Å². The Kier molecular flexibility index (Phi) is 3.01. The standard InChI is InChI=1S/C8H9N3O3/c9-6(12)3-1-2-5-4-10-11-7(5)8(13)14/h1-2,4H,3H2,(H2,9,12)(H,10,11)(H,13,14). The molecule has 0 saturated heterocycles. The molecule has 0 bridgehead atoms. The zero-order valence-electron chi connectivity index (χ0n) is 7.23. The summed E-state index contributed by atoms with van der Waals surface area (Å²) in [7, 11) is 0. The highest BCUT2D eigenvalue weighted by Crippen LogP contribution is 2.06. The highest BCUT2D eigenvalue weighted by molar-refractivity contribution is 5.90. The Morgan fingerprint density at radius 3 is 2.93 bits per heavy atom. The van der Waals surface area contributed by atoms with Crippen LogP contribution < -0.4 is 5.73 Å². The second-order valence-corrected chi connectivity index (χ2v) is 2.58. The Morgan fingerprint density at radius 1 is 1.64 bits per heavy atom. The van der Waals surface area contributed by atoms with Crippen molar-refractivity contribution in [2.45, 2.75) is 6.42 Å². The molecule has 0 radical (unpaired) electrons. The minimum absolute atomic E-state index is 0.00859. The molecule has 6 nitrogen and oxygen atoms in total. The fourth-order valence-corrected chi connectivity index (χ4v) is 0.895. The van der Waals surface area contributed by atoms with Crippen LogP contribution >= 0.6 is 0 Å². The van der Waals surface area contributed by atoms with Crippen LogP contribution in [0.4, 0.5) is 0 Å². The van der Waals surface area contributed by atoms with Crippen molar-refractivity contribution in [2.75, 3.05) is 0 Å². The van der Waals surface area contributed by atoms with E-state index in [2.05, 4.69) is 10.2 Å². The van der Waals surface area contributed by atoms with Gasteiger partial charge >= 0.3 is 5.97 Å². The van der Waals surface area contributed by atoms with Crippen LogP contribution in [0.15, 0.2) is 12.3 Å². The Labute approximate surface area is 79.4 Å². The van der Waals surface area contributed by atoms with Gasteiger partial charge in [-0.3, -0.25) is 9.89 Å². The van der Waals surface area contributed by atoms with E-state index in [-0.39, 0.29) is 12.1 Å². The molecule has 0 fully saturated rings. The minimum Gasteiger partial charge on any atom is -0.477 e. The fourth-order valence-electron chi connectivity index (χ4n) is 0.895. The maximum atomic E-state index is 10.6. The highest BCUT2D eigenvalue weighted by atomic mass is 16.4. The number of aromatic amines is 1. The number of hydrogen-bond donors (Lipinski definition) is 3. The number of hydrogen-bond acceptors (Lipinski definition) is 3. The van der Waals surface area contributed by atoms with Crippen LogP contribution in [-0.4, -0.2) is 27.2 Å². The molecule has 0 atom stereocenters. The van der Waals surface area contributed by atoms with Crippen molar-refractivity contribution < 1.29 is 14.7 Å². The molecular weight excluding hydrogens is 186 g/mol. The van der Waals surface area contributed by atoms with E-state index in [0.29, 0.717) is 5.56 Å². The van der Waals surface area contributed by atoms with Crippen LogP contribution in [0.5, 0.6) is 0 Å². The van der Waals surface area contributed by atoms with Gasteiger partial charge in [-0.05, 0) is 0 Å². The molecule has 74 valence electrons. The van der Waals surface area contributed by atoms with Gasteiger partial charge in [-0.15, -0.1) is 0 Å². The Morgan fingerprint density at radius 2 is 2.36 bits per heavy atom. The average molecular weight is 195 g/mol. The molecule has 0 aliphatic heterocycles. The van der Waals surface area contributed by atoms with Crippen molar-refractivity contribution in [3.8, 4) is 0 Å². The molecule has 1 heterocycles. The van der Waals surface area contributed by atoms with E-state index < -0.39 is 11.9 Å². The fraction of sp³-hybridized carbons (Fsp3) is 0.125. The third-order valence-electron chi connectivity index (χ3n) is 1.50. The molecular formula is C8H9N3O3. The lowest BCUT2D eigenvalue weighted by molar-refractivity contribution is -0.117. The SMILES string of the molecule is NC(=O)CC=Cc1cn[nH]c1C(=O)O. The molecule has 1 rings (SSSR count). The molecule has 0 aliphatic rings. The van der Waals surface area contributed by atoms with Gasteiger partial charge in [0.1, 0.15) is 0 Å². The molecule has 4 N–H and O–H groups in total. The van der Waals surface area contributed by atoms with Crippen molar-refractivity contribution in [1.29, 1.82) is 0 Å². The third-order valence-corrected chi connectivity index (χ3v) is 1.50. The number of carboxylic acid groups (broad SMARTS) is 1. The van der Waals surface area contributed by atoms with Crippen LogP contribution in [0.1, 0.15) is 22.5 Å². The number of carboxylic acids is 1. The first-order valence-corrected chi connectivity index (χ1v) is 3.82. The monoisotopic (exact) mass is 195 g/mol. The van der Waals surface area contributed by atoms with Gasteiger partial charge in [-0.25, -0.2) is 4.79 Å². The van der Waals surface area contributed by atoms with Crippen molar-refractivity contribution in [3.05, 3.63) is 23.5 Å². The lowest BCUT2D eigenvalue weighted by Crippen LogP contribution is -2.08. The normalized spacial score (nSPS) is 10.6. The zero-order valence-corrected chi connectivity index (χ0v) is 7.23. The van der Waals surface area contributed by atoms with Gasteiger partial charge in [0, 0.05) is 12.0 Å². The predicted octanol–water partition coefficient (Wildman–Crippen LogP) is -0.00350. The smallest absolute Gasteiger partial charge is 0.354 e. The van der Waals surface area contributed by atoms with E-state index in [4.69, 9.17) is 10.8 Å². The van der Waals surface area contributed by atoms with Gasteiger partial charge < -0.3 is 10.8 Å². The molecule has 1 aromatic rings. The molecule has 0 unspecified atom stereocenters. The maximum absolute atomic E-state index is 10.6. The van der Waals surface area contributed by atoms with E-state index in [1.165, 1.54) is 18.3 Å². The number of nitrogens with two attached hydrogens (primary N) is 1. The first-order chi connectivity index (χ1) is 6.61. The van der Waals surface area contributed by atoms with Crippen molar-refractivity contribution in [1.82, 2.24) is 10.2 Å². The number of nitrogens with zero attached hydrogens (tertiary/aromatic N) is 1. The molecule has 0 spiro atoms. The molecule has 6 heteroatoms. The number of primary amides is 1. The molecule has 14 heavy (non-hydrogen) atoms. The number of H-pyrrole nitrogens is 1. The molecule has 0 aromatic carbocycles. The number of rotatable bonds is 4. The van der Waals surface area contributed by atoms with Crippen molar-refractivity contribution in [2.24, 2.45) is 5.73 Å². The van der Waals surface area contributed by atoms with Crippen molar-refractivity contribution >= 4 is 18.0 Å². The Hall–Kier alpha value is -2.11. The Bertz CT molecular complexity index is 381. The lowest BCUT2D eigenvalue weighted by Gasteiger charge is -1.90. The number of nitrogens with one attached hydrogen (secondary N) is 1. The van der Waals surface area contributed by atoms with Gasteiger partial charge in [0.05, 0.1) is 6.20 Å². The first-order valence-electron chi connectivity index (χ1n) is 3.82. The number of amides is 1. The summed E-state index contributed by atoms with van der Waals surface area (Å²) in [5.41, 5.74) is 5.31. The lowest BCUT2D eigenvalue weighted by atomic mass is 10.2. The first kappa shape index (κ1) is 9.97. The number of aromatic nitrogens is 2. The molecule has 1 aromatic heterocycles. The predicted molar refractivity (Wildman–Crippen MR) is 48.4 cm³/mol. The topological polar surface area (TPSA) is 109 Å². The van der Waals surface area contributed by atoms with E-state index in [0.717, 1.165) is 0 Å². The van der Waals surface area contributed by atoms with Gasteiger partial charge in [0.2, 0.25) is 5.91 Å².